The molecule has 0 aliphatic carbocycles. The van der Waals surface area contributed by atoms with Gasteiger partial charge in [0.2, 0.25) is 0 Å². The molecule has 1 fully saturated rings. The Kier molecular flexibility index (Phi) is 3.08. The Labute approximate surface area is 93.0 Å². The van der Waals surface area contributed by atoms with Gasteiger partial charge in [0.05, 0.1) is 7.11 Å². The molecule has 2 unspecified atom stereocenters. The Morgan fingerprint density at radius 1 is 1.50 bits per heavy atom. The first kappa shape index (κ1) is 9.99. The van der Waals surface area contributed by atoms with Crippen LogP contribution >= 0.6 is 15.9 Å². The highest BCUT2D eigenvalue weighted by atomic mass is 79.9. The number of alkyl halides is 1. The molecule has 0 radical (unpaired) electrons. The molecule has 1 aliphatic rings. The molecule has 0 bridgehead atoms. The summed E-state index contributed by atoms with van der Waals surface area (Å²) >= 11 is 3.49. The first-order chi connectivity index (χ1) is 6.85. The van der Waals surface area contributed by atoms with Crippen LogP contribution in [0, 0.1) is 0 Å². The van der Waals surface area contributed by atoms with E-state index in [0.29, 0.717) is 0 Å². The SMILES string of the molecule is COc1ccccc1CN1CC1CBr. The van der Waals surface area contributed by atoms with Crippen LogP contribution in [0.1, 0.15) is 5.56 Å². The van der Waals surface area contributed by atoms with Crippen molar-refractivity contribution in [3.63, 3.8) is 0 Å². The largest absolute Gasteiger partial charge is 0.496 e. The summed E-state index contributed by atoms with van der Waals surface area (Å²) in [5.41, 5.74) is 1.28. The van der Waals surface area contributed by atoms with E-state index in [1.165, 1.54) is 12.1 Å². The maximum absolute atomic E-state index is 5.30. The topological polar surface area (TPSA) is 12.2 Å². The van der Waals surface area contributed by atoms with E-state index in [0.717, 1.165) is 23.7 Å². The summed E-state index contributed by atoms with van der Waals surface area (Å²) < 4.78 is 5.30. The van der Waals surface area contributed by atoms with Gasteiger partial charge >= 0.3 is 0 Å². The second-order valence-corrected chi connectivity index (χ2v) is 4.20. The molecule has 1 aromatic rings. The zero-order valence-corrected chi connectivity index (χ0v) is 9.83. The summed E-state index contributed by atoms with van der Waals surface area (Å²) in [6, 6.07) is 8.93. The van der Waals surface area contributed by atoms with Crippen molar-refractivity contribution in [2.24, 2.45) is 0 Å². The first-order valence-electron chi connectivity index (χ1n) is 4.77. The van der Waals surface area contributed by atoms with Crippen LogP contribution in [-0.2, 0) is 6.54 Å². The molecule has 1 aliphatic heterocycles. The Balaban J connectivity index is 2.02. The Hall–Kier alpha value is -0.540. The lowest BCUT2D eigenvalue weighted by molar-refractivity contribution is 0.400. The lowest BCUT2D eigenvalue weighted by Gasteiger charge is -2.08. The molecule has 2 atom stereocenters. The lowest BCUT2D eigenvalue weighted by Crippen LogP contribution is -2.04. The smallest absolute Gasteiger partial charge is 0.123 e. The fourth-order valence-electron chi connectivity index (χ4n) is 1.62. The summed E-state index contributed by atoms with van der Waals surface area (Å²) in [7, 11) is 1.73. The number of methoxy groups -OCH3 is 1. The molecule has 0 saturated carbocycles. The summed E-state index contributed by atoms with van der Waals surface area (Å²) in [6.45, 7) is 2.20. The molecule has 1 saturated heterocycles. The van der Waals surface area contributed by atoms with Crippen LogP contribution in [0.25, 0.3) is 0 Å². The van der Waals surface area contributed by atoms with Gasteiger partial charge in [-0.3, -0.25) is 4.90 Å². The average molecular weight is 256 g/mol. The highest BCUT2D eigenvalue weighted by Crippen LogP contribution is 2.26. The Morgan fingerprint density at radius 3 is 2.93 bits per heavy atom. The predicted octanol–water partition coefficient (Wildman–Crippen LogP) is 2.27. The molecule has 0 spiro atoms. The number of ether oxygens (including phenoxy) is 1. The van der Waals surface area contributed by atoms with Crippen molar-refractivity contribution in [1.29, 1.82) is 0 Å². The number of nitrogens with zero attached hydrogens (tertiary/aromatic N) is 1. The lowest BCUT2D eigenvalue weighted by atomic mass is 10.2. The monoisotopic (exact) mass is 255 g/mol. The molecule has 1 heterocycles. The van der Waals surface area contributed by atoms with Crippen molar-refractivity contribution in [3.05, 3.63) is 29.8 Å². The molecule has 2 rings (SSSR count). The van der Waals surface area contributed by atoms with E-state index in [4.69, 9.17) is 4.74 Å². The van der Waals surface area contributed by atoms with Gasteiger partial charge < -0.3 is 4.74 Å². The first-order valence-corrected chi connectivity index (χ1v) is 5.89. The Morgan fingerprint density at radius 2 is 2.29 bits per heavy atom. The Bertz CT molecular complexity index is 316. The van der Waals surface area contributed by atoms with Gasteiger partial charge in [0.25, 0.3) is 0 Å². The predicted molar refractivity (Wildman–Crippen MR) is 61.0 cm³/mol. The van der Waals surface area contributed by atoms with Crippen LogP contribution in [0.15, 0.2) is 24.3 Å². The van der Waals surface area contributed by atoms with E-state index in [-0.39, 0.29) is 0 Å². The van der Waals surface area contributed by atoms with Crippen molar-refractivity contribution < 1.29 is 4.74 Å². The molecular weight excluding hydrogens is 242 g/mol. The normalized spacial score (nSPS) is 24.7. The van der Waals surface area contributed by atoms with E-state index in [1.54, 1.807) is 7.11 Å². The number of rotatable bonds is 4. The van der Waals surface area contributed by atoms with E-state index >= 15 is 0 Å². The van der Waals surface area contributed by atoms with Crippen LogP contribution in [0.5, 0.6) is 5.75 Å². The van der Waals surface area contributed by atoms with Crippen molar-refractivity contribution in [2.45, 2.75) is 12.6 Å². The molecule has 1 aromatic carbocycles. The van der Waals surface area contributed by atoms with Crippen LogP contribution in [0.2, 0.25) is 0 Å². The van der Waals surface area contributed by atoms with Gasteiger partial charge in [-0.25, -0.2) is 0 Å². The summed E-state index contributed by atoms with van der Waals surface area (Å²) in [5, 5.41) is 1.07. The van der Waals surface area contributed by atoms with Crippen molar-refractivity contribution in [3.8, 4) is 5.75 Å². The second kappa shape index (κ2) is 4.32. The zero-order valence-electron chi connectivity index (χ0n) is 8.24. The van der Waals surface area contributed by atoms with Crippen molar-refractivity contribution in [1.82, 2.24) is 4.90 Å². The maximum atomic E-state index is 5.30. The number of benzene rings is 1. The van der Waals surface area contributed by atoms with E-state index in [2.05, 4.69) is 33.0 Å². The number of para-hydroxylation sites is 1. The number of hydrogen-bond acceptors (Lipinski definition) is 2. The van der Waals surface area contributed by atoms with E-state index in [9.17, 15) is 0 Å². The van der Waals surface area contributed by atoms with E-state index in [1.807, 2.05) is 12.1 Å². The fourth-order valence-corrected chi connectivity index (χ4v) is 2.23. The van der Waals surface area contributed by atoms with Gasteiger partial charge in [-0.15, -0.1) is 0 Å². The molecule has 0 amide bonds. The molecule has 76 valence electrons. The highest BCUT2D eigenvalue weighted by Gasteiger charge is 2.32. The molecule has 2 nitrogen and oxygen atoms in total. The fraction of sp³-hybridized carbons (Fsp3) is 0.455. The minimum Gasteiger partial charge on any atom is -0.496 e. The van der Waals surface area contributed by atoms with Gasteiger partial charge in [-0.05, 0) is 6.07 Å². The van der Waals surface area contributed by atoms with Crippen LogP contribution in [0.4, 0.5) is 0 Å². The number of halogens is 1. The van der Waals surface area contributed by atoms with Crippen LogP contribution in [0.3, 0.4) is 0 Å². The second-order valence-electron chi connectivity index (χ2n) is 3.55. The highest BCUT2D eigenvalue weighted by molar-refractivity contribution is 9.09. The van der Waals surface area contributed by atoms with Crippen molar-refractivity contribution >= 4 is 15.9 Å². The van der Waals surface area contributed by atoms with Gasteiger partial charge in [0, 0.05) is 30.0 Å². The molecule has 0 N–H and O–H groups in total. The minimum absolute atomic E-state index is 0.722. The average Bonchev–Trinajstić information content (AvgIpc) is 2.97. The molecule has 0 aromatic heterocycles. The molecular formula is C11H14BrNO. The van der Waals surface area contributed by atoms with Crippen molar-refractivity contribution in [2.75, 3.05) is 19.0 Å². The van der Waals surface area contributed by atoms with Gasteiger partial charge in [0.1, 0.15) is 5.75 Å². The van der Waals surface area contributed by atoms with Gasteiger partial charge in [0.15, 0.2) is 0 Å². The van der Waals surface area contributed by atoms with Gasteiger partial charge in [-0.1, -0.05) is 34.1 Å². The van der Waals surface area contributed by atoms with Gasteiger partial charge in [-0.2, -0.15) is 0 Å². The summed E-state index contributed by atoms with van der Waals surface area (Å²) in [6.07, 6.45) is 0. The third-order valence-corrected chi connectivity index (χ3v) is 3.32. The number of hydrogen-bond donors (Lipinski definition) is 0. The maximum Gasteiger partial charge on any atom is 0.123 e. The summed E-state index contributed by atoms with van der Waals surface area (Å²) in [5.74, 6) is 0.993. The third kappa shape index (κ3) is 2.10. The third-order valence-electron chi connectivity index (χ3n) is 2.57. The molecule has 3 heteroatoms. The van der Waals surface area contributed by atoms with Crippen LogP contribution < -0.4 is 4.74 Å². The quantitative estimate of drug-likeness (QED) is 0.605. The minimum atomic E-state index is 0.722. The molecule has 14 heavy (non-hydrogen) atoms. The van der Waals surface area contributed by atoms with E-state index < -0.39 is 0 Å². The van der Waals surface area contributed by atoms with Crippen LogP contribution in [-0.4, -0.2) is 29.9 Å². The zero-order chi connectivity index (χ0) is 9.97. The standard InChI is InChI=1S/C11H14BrNO/c1-14-11-5-3-2-4-9(11)7-13-8-10(13)6-12/h2-5,10H,6-8H2,1H3. The summed E-state index contributed by atoms with van der Waals surface area (Å²) in [4.78, 5) is 2.42.